The topological polar surface area (TPSA) is 114 Å². The highest BCUT2D eigenvalue weighted by Gasteiger charge is 2.19. The van der Waals surface area contributed by atoms with Gasteiger partial charge in [-0.1, -0.05) is 0 Å². The van der Waals surface area contributed by atoms with Gasteiger partial charge in [-0.15, -0.1) is 11.3 Å². The summed E-state index contributed by atoms with van der Waals surface area (Å²) in [6.45, 7) is 1.24. The van der Waals surface area contributed by atoms with Crippen LogP contribution in [0.15, 0.2) is 0 Å². The summed E-state index contributed by atoms with van der Waals surface area (Å²) in [5.74, 6) is -0.630. The van der Waals surface area contributed by atoms with Crippen LogP contribution < -0.4 is 16.8 Å². The van der Waals surface area contributed by atoms with E-state index in [1.807, 2.05) is 6.07 Å². The van der Waals surface area contributed by atoms with Crippen molar-refractivity contribution in [3.63, 3.8) is 0 Å². The first-order valence-corrected chi connectivity index (χ1v) is 5.78. The van der Waals surface area contributed by atoms with Crippen molar-refractivity contribution in [1.29, 1.82) is 5.26 Å². The number of carbonyl (C=O) groups is 1. The molecule has 0 spiro atoms. The molecule has 0 aliphatic carbocycles. The molecule has 1 heterocycles. The van der Waals surface area contributed by atoms with Crippen LogP contribution in [0, 0.1) is 11.3 Å². The lowest BCUT2D eigenvalue weighted by Gasteiger charge is -2.05. The highest BCUT2D eigenvalue weighted by atomic mass is 32.1. The molecule has 5 N–H and O–H groups in total. The Morgan fingerprint density at radius 3 is 2.88 bits per heavy atom. The molecule has 1 aromatic heterocycles. The molecule has 0 atom stereocenters. The summed E-state index contributed by atoms with van der Waals surface area (Å²) in [6, 6.07) is 1.93. The van der Waals surface area contributed by atoms with Crippen LogP contribution in [0.3, 0.4) is 0 Å². The Hall–Kier alpha value is -1.78. The third-order valence-electron chi connectivity index (χ3n) is 2.10. The summed E-state index contributed by atoms with van der Waals surface area (Å²) >= 11 is 1.13. The second kappa shape index (κ2) is 6.08. The number of anilines is 2. The second-order valence-electron chi connectivity index (χ2n) is 3.30. The van der Waals surface area contributed by atoms with Gasteiger partial charge in [0.2, 0.25) is 0 Å². The molecule has 1 amide bonds. The molecule has 0 aliphatic heterocycles. The molecule has 0 aliphatic rings. The van der Waals surface area contributed by atoms with Crippen molar-refractivity contribution in [1.82, 2.24) is 0 Å². The summed E-state index contributed by atoms with van der Waals surface area (Å²) in [5, 5.41) is 12.4. The lowest BCUT2D eigenvalue weighted by Crippen LogP contribution is -2.15. The van der Waals surface area contributed by atoms with Crippen molar-refractivity contribution in [3.8, 4) is 6.07 Å². The quantitative estimate of drug-likeness (QED) is 0.648. The van der Waals surface area contributed by atoms with E-state index in [-0.39, 0.29) is 11.3 Å². The Labute approximate surface area is 103 Å². The van der Waals surface area contributed by atoms with Gasteiger partial charge in [-0.3, -0.25) is 4.79 Å². The fraction of sp³-hybridized carbons (Fsp3) is 0.400. The highest BCUT2D eigenvalue weighted by Crippen LogP contribution is 2.34. The van der Waals surface area contributed by atoms with Crippen LogP contribution in [-0.2, 0) is 4.74 Å². The molecular formula is C10H14N4O2S. The van der Waals surface area contributed by atoms with Crippen LogP contribution in [0.5, 0.6) is 0 Å². The number of nitriles is 1. The monoisotopic (exact) mass is 254 g/mol. The molecule has 0 radical (unpaired) electrons. The van der Waals surface area contributed by atoms with Gasteiger partial charge in [0.1, 0.15) is 15.9 Å². The Morgan fingerprint density at radius 1 is 1.65 bits per heavy atom. The van der Waals surface area contributed by atoms with Crippen molar-refractivity contribution in [3.05, 3.63) is 10.4 Å². The minimum atomic E-state index is -0.630. The van der Waals surface area contributed by atoms with Gasteiger partial charge in [0.05, 0.1) is 11.3 Å². The summed E-state index contributed by atoms with van der Waals surface area (Å²) in [7, 11) is 1.62. The number of nitrogens with two attached hydrogens (primary N) is 2. The second-order valence-corrected chi connectivity index (χ2v) is 4.32. The average Bonchev–Trinajstić information content (AvgIpc) is 2.61. The third kappa shape index (κ3) is 3.09. The molecule has 0 fully saturated rings. The van der Waals surface area contributed by atoms with E-state index in [1.165, 1.54) is 0 Å². The molecule has 6 nitrogen and oxygen atoms in total. The van der Waals surface area contributed by atoms with Gasteiger partial charge in [-0.2, -0.15) is 5.26 Å². The Morgan fingerprint density at radius 2 is 2.35 bits per heavy atom. The number of amides is 1. The van der Waals surface area contributed by atoms with Gasteiger partial charge in [-0.05, 0) is 6.42 Å². The van der Waals surface area contributed by atoms with E-state index in [0.717, 1.165) is 17.8 Å². The van der Waals surface area contributed by atoms with Crippen molar-refractivity contribution in [2.45, 2.75) is 6.42 Å². The molecule has 92 valence electrons. The van der Waals surface area contributed by atoms with Crippen LogP contribution in [0.2, 0.25) is 0 Å². The summed E-state index contributed by atoms with van der Waals surface area (Å²) < 4.78 is 4.90. The Kier molecular flexibility index (Phi) is 4.75. The first-order chi connectivity index (χ1) is 8.11. The van der Waals surface area contributed by atoms with Crippen LogP contribution in [-0.4, -0.2) is 26.2 Å². The number of hydrogen-bond donors (Lipinski definition) is 3. The molecule has 17 heavy (non-hydrogen) atoms. The molecule has 0 aromatic carbocycles. The van der Waals surface area contributed by atoms with Crippen LogP contribution >= 0.6 is 11.3 Å². The van der Waals surface area contributed by atoms with Crippen LogP contribution in [0.25, 0.3) is 0 Å². The summed E-state index contributed by atoms with van der Waals surface area (Å²) in [4.78, 5) is 11.5. The van der Waals surface area contributed by atoms with E-state index in [2.05, 4.69) is 5.32 Å². The maximum Gasteiger partial charge on any atom is 0.253 e. The van der Waals surface area contributed by atoms with Crippen LogP contribution in [0.4, 0.5) is 10.7 Å². The van der Waals surface area contributed by atoms with Crippen LogP contribution in [0.1, 0.15) is 21.7 Å². The number of primary amides is 1. The number of hydrogen-bond acceptors (Lipinski definition) is 6. The van der Waals surface area contributed by atoms with Gasteiger partial charge in [0, 0.05) is 20.3 Å². The van der Waals surface area contributed by atoms with Crippen molar-refractivity contribution >= 4 is 27.9 Å². The average molecular weight is 254 g/mol. The minimum absolute atomic E-state index is 0.152. The van der Waals surface area contributed by atoms with Crippen molar-refractivity contribution in [2.75, 3.05) is 31.3 Å². The van der Waals surface area contributed by atoms with Crippen molar-refractivity contribution < 1.29 is 9.53 Å². The normalized spacial score (nSPS) is 9.88. The zero-order valence-electron chi connectivity index (χ0n) is 9.45. The Balaban J connectivity index is 2.84. The molecule has 7 heteroatoms. The summed E-state index contributed by atoms with van der Waals surface area (Å²) in [5.41, 5.74) is 11.2. The number of thiophene rings is 1. The molecule has 0 saturated carbocycles. The number of rotatable bonds is 6. The largest absolute Gasteiger partial charge is 0.396 e. The van der Waals surface area contributed by atoms with E-state index in [9.17, 15) is 4.79 Å². The van der Waals surface area contributed by atoms with Gasteiger partial charge in [0.25, 0.3) is 5.91 Å². The number of ether oxygens (including phenoxy) is 1. The van der Waals surface area contributed by atoms with E-state index in [1.54, 1.807) is 7.11 Å². The predicted molar refractivity (Wildman–Crippen MR) is 66.9 cm³/mol. The number of nitrogens with zero attached hydrogens (tertiary/aromatic N) is 1. The van der Waals surface area contributed by atoms with E-state index in [0.29, 0.717) is 23.0 Å². The van der Waals surface area contributed by atoms with Gasteiger partial charge in [0.15, 0.2) is 0 Å². The maximum absolute atomic E-state index is 11.2. The lowest BCUT2D eigenvalue weighted by atomic mass is 10.2. The van der Waals surface area contributed by atoms with Gasteiger partial charge in [-0.25, -0.2) is 0 Å². The number of nitrogens with one attached hydrogen (secondary N) is 1. The van der Waals surface area contributed by atoms with E-state index in [4.69, 9.17) is 21.5 Å². The lowest BCUT2D eigenvalue weighted by molar-refractivity contribution is 0.100. The smallest absolute Gasteiger partial charge is 0.253 e. The molecule has 1 aromatic rings. The molecular weight excluding hydrogens is 240 g/mol. The summed E-state index contributed by atoms with van der Waals surface area (Å²) in [6.07, 6.45) is 0.786. The number of methoxy groups -OCH3 is 1. The zero-order valence-corrected chi connectivity index (χ0v) is 10.3. The molecule has 0 saturated heterocycles. The van der Waals surface area contributed by atoms with E-state index >= 15 is 0 Å². The maximum atomic E-state index is 11.2. The van der Waals surface area contributed by atoms with E-state index < -0.39 is 5.91 Å². The fourth-order valence-electron chi connectivity index (χ4n) is 1.31. The van der Waals surface area contributed by atoms with Gasteiger partial charge >= 0.3 is 0 Å². The predicted octanol–water partition coefficient (Wildman–Crippen LogP) is 0.749. The molecule has 1 rings (SSSR count). The molecule has 0 bridgehead atoms. The number of carbonyl (C=O) groups excluding carboxylic acids is 1. The molecule has 0 unspecified atom stereocenters. The standard InChI is InChI=1S/C10H14N4O2S/c1-16-4-2-3-14-10-7(9(13)15)8(12)6(5-11)17-10/h14H,2-4,12H2,1H3,(H2,13,15). The van der Waals surface area contributed by atoms with Crippen molar-refractivity contribution in [2.24, 2.45) is 5.73 Å². The SMILES string of the molecule is COCCCNc1sc(C#N)c(N)c1C(N)=O. The number of nitrogen functional groups attached to an aromatic ring is 1. The zero-order chi connectivity index (χ0) is 12.8. The minimum Gasteiger partial charge on any atom is -0.396 e. The van der Waals surface area contributed by atoms with Gasteiger partial charge < -0.3 is 21.5 Å². The third-order valence-corrected chi connectivity index (χ3v) is 3.17. The Bertz CT molecular complexity index is 450. The highest BCUT2D eigenvalue weighted by molar-refractivity contribution is 7.17. The fourth-order valence-corrected chi connectivity index (χ4v) is 2.26. The first-order valence-electron chi connectivity index (χ1n) is 4.96. The first kappa shape index (κ1) is 13.3.